The third-order valence-electron chi connectivity index (χ3n) is 4.79. The van der Waals surface area contributed by atoms with Crippen molar-refractivity contribution >= 4 is 23.4 Å². The Kier molecular flexibility index (Phi) is 5.70. The predicted octanol–water partition coefficient (Wildman–Crippen LogP) is 2.81. The summed E-state index contributed by atoms with van der Waals surface area (Å²) in [6, 6.07) is 7.07. The maximum absolute atomic E-state index is 12.8. The van der Waals surface area contributed by atoms with Gasteiger partial charge in [0.05, 0.1) is 6.61 Å². The van der Waals surface area contributed by atoms with E-state index in [1.165, 1.54) is 6.39 Å². The van der Waals surface area contributed by atoms with Gasteiger partial charge in [-0.1, -0.05) is 17.7 Å². The molecule has 2 aromatic rings. The Morgan fingerprint density at radius 2 is 2.26 bits per heavy atom. The van der Waals surface area contributed by atoms with Crippen molar-refractivity contribution in [2.24, 2.45) is 11.1 Å². The average molecular weight is 392 g/mol. The molecule has 2 amide bonds. The van der Waals surface area contributed by atoms with Crippen molar-refractivity contribution in [2.45, 2.75) is 26.2 Å². The second-order valence-corrected chi connectivity index (χ2v) is 7.41. The van der Waals surface area contributed by atoms with E-state index in [4.69, 9.17) is 26.5 Å². The number of nitrogens with two attached hydrogens (primary N) is 1. The zero-order valence-corrected chi connectivity index (χ0v) is 15.9. The highest BCUT2D eigenvalue weighted by atomic mass is 35.5. The number of hydrogen-bond donors (Lipinski definition) is 1. The lowest BCUT2D eigenvalue weighted by Gasteiger charge is -2.41. The summed E-state index contributed by atoms with van der Waals surface area (Å²) >= 11 is 6.00. The van der Waals surface area contributed by atoms with E-state index in [9.17, 15) is 9.59 Å². The van der Waals surface area contributed by atoms with Gasteiger partial charge in [-0.05, 0) is 38.0 Å². The Morgan fingerprint density at radius 1 is 1.44 bits per heavy atom. The summed E-state index contributed by atoms with van der Waals surface area (Å²) in [4.78, 5) is 30.2. The van der Waals surface area contributed by atoms with E-state index in [1.807, 2.05) is 0 Å². The molecule has 0 bridgehead atoms. The van der Waals surface area contributed by atoms with Gasteiger partial charge >= 0.3 is 0 Å². The summed E-state index contributed by atoms with van der Waals surface area (Å²) in [6.45, 7) is 2.91. The summed E-state index contributed by atoms with van der Waals surface area (Å²) in [7, 11) is 0. The number of halogens is 1. The van der Waals surface area contributed by atoms with Crippen LogP contribution in [0.1, 0.15) is 35.5 Å². The number of carbonyl (C=O) groups is 2. The first-order chi connectivity index (χ1) is 12.9. The molecular weight excluding hydrogens is 370 g/mol. The molecule has 0 unspecified atom stereocenters. The van der Waals surface area contributed by atoms with E-state index < -0.39 is 11.3 Å². The number of nitrogens with zero attached hydrogens (tertiary/aromatic N) is 2. The van der Waals surface area contributed by atoms with Crippen molar-refractivity contribution in [3.63, 3.8) is 0 Å². The van der Waals surface area contributed by atoms with E-state index in [0.717, 1.165) is 12.8 Å². The van der Waals surface area contributed by atoms with Crippen LogP contribution in [-0.4, -0.2) is 41.4 Å². The lowest BCUT2D eigenvalue weighted by atomic mass is 9.77. The van der Waals surface area contributed by atoms with E-state index in [1.54, 1.807) is 36.1 Å². The molecule has 0 radical (unpaired) electrons. The Balaban J connectivity index is 1.77. The molecule has 7 nitrogen and oxygen atoms in total. The van der Waals surface area contributed by atoms with E-state index in [0.29, 0.717) is 35.3 Å². The maximum Gasteiger partial charge on any atom is 0.276 e. The first kappa shape index (κ1) is 19.2. The number of ether oxygens (including phenoxy) is 1. The van der Waals surface area contributed by atoms with Crippen LogP contribution in [0.4, 0.5) is 0 Å². The van der Waals surface area contributed by atoms with Gasteiger partial charge < -0.3 is 19.8 Å². The zero-order valence-electron chi connectivity index (χ0n) is 15.1. The Bertz CT molecular complexity index is 838. The Labute approximate surface area is 162 Å². The van der Waals surface area contributed by atoms with E-state index in [2.05, 4.69) is 4.98 Å². The second-order valence-electron chi connectivity index (χ2n) is 6.98. The number of carbonyl (C=O) groups excluding carboxylic acids is 2. The molecule has 1 aliphatic heterocycles. The zero-order chi connectivity index (χ0) is 19.4. The fourth-order valence-electron chi connectivity index (χ4n) is 3.52. The quantitative estimate of drug-likeness (QED) is 0.816. The highest BCUT2D eigenvalue weighted by Crippen LogP contribution is 2.35. The summed E-state index contributed by atoms with van der Waals surface area (Å²) in [6.07, 6.45) is 2.87. The molecule has 1 aromatic heterocycles. The number of piperidine rings is 1. The van der Waals surface area contributed by atoms with Crippen LogP contribution in [0, 0.1) is 12.3 Å². The molecule has 27 heavy (non-hydrogen) atoms. The van der Waals surface area contributed by atoms with Crippen LogP contribution in [-0.2, 0) is 4.79 Å². The van der Waals surface area contributed by atoms with Gasteiger partial charge in [0.2, 0.25) is 5.91 Å². The van der Waals surface area contributed by atoms with Crippen LogP contribution in [0.25, 0.3) is 0 Å². The molecule has 2 N–H and O–H groups in total. The molecule has 2 heterocycles. The Morgan fingerprint density at radius 3 is 2.93 bits per heavy atom. The molecule has 0 saturated carbocycles. The minimum Gasteiger partial charge on any atom is -0.493 e. The van der Waals surface area contributed by atoms with Crippen LogP contribution in [0.3, 0.4) is 0 Å². The fraction of sp³-hybridized carbons (Fsp3) is 0.421. The molecule has 8 heteroatoms. The number of likely N-dealkylation sites (tertiary alicyclic amines) is 1. The number of aryl methyl sites for hydroxylation is 1. The third kappa shape index (κ3) is 4.60. The van der Waals surface area contributed by atoms with Gasteiger partial charge in [-0.15, -0.1) is 0 Å². The first-order valence-electron chi connectivity index (χ1n) is 8.75. The minimum atomic E-state index is -0.556. The normalized spacial score (nSPS) is 19.7. The number of aromatic nitrogens is 1. The van der Waals surface area contributed by atoms with Crippen molar-refractivity contribution in [3.8, 4) is 5.75 Å². The van der Waals surface area contributed by atoms with E-state index in [-0.39, 0.29) is 18.9 Å². The van der Waals surface area contributed by atoms with Gasteiger partial charge in [0.1, 0.15) is 11.5 Å². The number of benzene rings is 1. The number of oxazole rings is 1. The van der Waals surface area contributed by atoms with Gasteiger partial charge in [0.15, 0.2) is 12.1 Å². The van der Waals surface area contributed by atoms with E-state index >= 15 is 0 Å². The first-order valence-corrected chi connectivity index (χ1v) is 9.12. The number of rotatable bonds is 6. The van der Waals surface area contributed by atoms with Gasteiger partial charge in [-0.2, -0.15) is 0 Å². The van der Waals surface area contributed by atoms with Gasteiger partial charge in [0, 0.05) is 29.9 Å². The average Bonchev–Trinajstić information content (AvgIpc) is 3.05. The summed E-state index contributed by atoms with van der Waals surface area (Å²) in [5.41, 5.74) is 5.23. The minimum absolute atomic E-state index is 0.134. The number of amides is 2. The standard InChI is InChI=1S/C19H22ClN3O4/c1-13-17(22-12-27-13)18(25)23-7-3-6-19(10-23,9-16(21)24)11-26-15-5-2-4-14(20)8-15/h2,4-5,8,12H,3,6-7,9-11H2,1H3,(H2,21,24)/t19-/m1/s1. The van der Waals surface area contributed by atoms with Gasteiger partial charge in [-0.25, -0.2) is 4.98 Å². The maximum atomic E-state index is 12.8. The summed E-state index contributed by atoms with van der Waals surface area (Å²) in [5, 5.41) is 0.568. The third-order valence-corrected chi connectivity index (χ3v) is 5.02. The van der Waals surface area contributed by atoms with Crippen LogP contribution >= 0.6 is 11.6 Å². The second kappa shape index (κ2) is 8.00. The fourth-order valence-corrected chi connectivity index (χ4v) is 3.70. The molecule has 0 spiro atoms. The molecule has 3 rings (SSSR count). The van der Waals surface area contributed by atoms with Crippen molar-refractivity contribution in [2.75, 3.05) is 19.7 Å². The van der Waals surface area contributed by atoms with Crippen molar-refractivity contribution in [1.29, 1.82) is 0 Å². The smallest absolute Gasteiger partial charge is 0.276 e. The summed E-state index contributed by atoms with van der Waals surface area (Å²) in [5.74, 6) is 0.456. The number of primary amides is 1. The Hall–Kier alpha value is -2.54. The lowest BCUT2D eigenvalue weighted by molar-refractivity contribution is -0.122. The molecule has 144 valence electrons. The molecule has 0 aliphatic carbocycles. The highest BCUT2D eigenvalue weighted by Gasteiger charge is 2.40. The molecule has 1 atom stereocenters. The van der Waals surface area contributed by atoms with Crippen molar-refractivity contribution < 1.29 is 18.7 Å². The molecule has 1 saturated heterocycles. The van der Waals surface area contributed by atoms with Crippen molar-refractivity contribution in [3.05, 3.63) is 47.1 Å². The van der Waals surface area contributed by atoms with Crippen molar-refractivity contribution in [1.82, 2.24) is 9.88 Å². The van der Waals surface area contributed by atoms with Crippen LogP contribution < -0.4 is 10.5 Å². The SMILES string of the molecule is Cc1ocnc1C(=O)N1CCC[C@@](COc2cccc(Cl)c2)(CC(N)=O)C1. The predicted molar refractivity (Wildman–Crippen MR) is 99.6 cm³/mol. The summed E-state index contributed by atoms with van der Waals surface area (Å²) < 4.78 is 11.0. The largest absolute Gasteiger partial charge is 0.493 e. The van der Waals surface area contributed by atoms with Gasteiger partial charge in [-0.3, -0.25) is 9.59 Å². The number of hydrogen-bond acceptors (Lipinski definition) is 5. The van der Waals surface area contributed by atoms with Crippen LogP contribution in [0.2, 0.25) is 5.02 Å². The van der Waals surface area contributed by atoms with Crippen LogP contribution in [0.15, 0.2) is 35.1 Å². The molecule has 1 aromatic carbocycles. The monoisotopic (exact) mass is 391 g/mol. The molecule has 1 aliphatic rings. The van der Waals surface area contributed by atoms with Gasteiger partial charge in [0.25, 0.3) is 5.91 Å². The van der Waals surface area contributed by atoms with Crippen LogP contribution in [0.5, 0.6) is 5.75 Å². The highest BCUT2D eigenvalue weighted by molar-refractivity contribution is 6.30. The molecule has 1 fully saturated rings. The topological polar surface area (TPSA) is 98.7 Å². The molecular formula is C19H22ClN3O4. The lowest BCUT2D eigenvalue weighted by Crippen LogP contribution is -2.50.